The molecule has 0 aliphatic rings. The first-order chi connectivity index (χ1) is 19.9. The molecule has 0 bridgehead atoms. The minimum Gasteiger partial charge on any atom is -0.459 e. The molecule has 4 rings (SSSR count). The second-order valence-corrected chi connectivity index (χ2v) is 12.4. The van der Waals surface area contributed by atoms with Gasteiger partial charge in [-0.2, -0.15) is 9.41 Å². The number of nitrogens with one attached hydrogen (secondary N) is 2. The van der Waals surface area contributed by atoms with E-state index in [0.29, 0.717) is 27.1 Å². The number of hydrogen-bond donors (Lipinski definition) is 2. The molecule has 0 saturated carbocycles. The van der Waals surface area contributed by atoms with Gasteiger partial charge in [0.05, 0.1) is 17.7 Å². The van der Waals surface area contributed by atoms with Gasteiger partial charge in [0.15, 0.2) is 0 Å². The third-order valence-corrected chi connectivity index (χ3v) is 8.63. The van der Waals surface area contributed by atoms with E-state index in [0.717, 1.165) is 16.7 Å². The SMILES string of the molecule is Cc1ccc(S(=O)(=O)N(Cc2ccc(/C=N/NC(=O)C(=O)Nc3cc(C)ccc3C)o2)Cc2ccc(Cl)cc2Cl)cc1. The Morgan fingerprint density at radius 1 is 0.881 bits per heavy atom. The maximum atomic E-state index is 13.6. The number of carbonyl (C=O) groups is 2. The standard InChI is InChI=1S/C30H28Cl2N4O5S/c1-19-5-12-26(13-6-19)42(39,40)36(17-22-8-9-23(31)15-27(22)32)18-25-11-10-24(41-25)16-33-35-30(38)29(37)34-28-14-20(2)4-7-21(28)3/h4-16H,17-18H2,1-3H3,(H,34,37)(H,35,38)/b33-16+. The molecule has 0 aliphatic heterocycles. The number of benzene rings is 3. The highest BCUT2D eigenvalue weighted by Gasteiger charge is 2.27. The first-order valence-corrected chi connectivity index (χ1v) is 14.9. The molecule has 0 spiro atoms. The number of anilines is 1. The molecule has 0 radical (unpaired) electrons. The normalized spacial score (nSPS) is 11.7. The van der Waals surface area contributed by atoms with Crippen molar-refractivity contribution in [2.75, 3.05) is 5.32 Å². The van der Waals surface area contributed by atoms with Crippen LogP contribution in [0.5, 0.6) is 0 Å². The number of halogens is 2. The van der Waals surface area contributed by atoms with Crippen molar-refractivity contribution in [3.8, 4) is 0 Å². The van der Waals surface area contributed by atoms with E-state index in [9.17, 15) is 18.0 Å². The van der Waals surface area contributed by atoms with Gasteiger partial charge < -0.3 is 9.73 Å². The molecule has 4 aromatic rings. The van der Waals surface area contributed by atoms with Gasteiger partial charge in [-0.15, -0.1) is 0 Å². The van der Waals surface area contributed by atoms with Crippen LogP contribution in [0.25, 0.3) is 0 Å². The Morgan fingerprint density at radius 3 is 2.31 bits per heavy atom. The van der Waals surface area contributed by atoms with Crippen LogP contribution in [0.1, 0.15) is 33.8 Å². The lowest BCUT2D eigenvalue weighted by Crippen LogP contribution is -2.32. The predicted octanol–water partition coefficient (Wildman–Crippen LogP) is 5.99. The van der Waals surface area contributed by atoms with Crippen molar-refractivity contribution in [2.45, 2.75) is 38.8 Å². The molecule has 0 aliphatic carbocycles. The fraction of sp³-hybridized carbons (Fsp3) is 0.167. The number of carbonyl (C=O) groups excluding carboxylic acids is 2. The van der Waals surface area contributed by atoms with Gasteiger partial charge in [0, 0.05) is 22.3 Å². The maximum absolute atomic E-state index is 13.6. The van der Waals surface area contributed by atoms with Gasteiger partial charge in [-0.1, -0.05) is 59.1 Å². The van der Waals surface area contributed by atoms with E-state index in [1.54, 1.807) is 60.7 Å². The molecule has 42 heavy (non-hydrogen) atoms. The van der Waals surface area contributed by atoms with Gasteiger partial charge in [-0.05, 0) is 79.9 Å². The molecule has 9 nitrogen and oxygen atoms in total. The van der Waals surface area contributed by atoms with Gasteiger partial charge in [0.25, 0.3) is 0 Å². The Balaban J connectivity index is 1.47. The summed E-state index contributed by atoms with van der Waals surface area (Å²) in [6.07, 6.45) is 1.21. The van der Waals surface area contributed by atoms with E-state index >= 15 is 0 Å². The van der Waals surface area contributed by atoms with Crippen LogP contribution in [0.3, 0.4) is 0 Å². The fourth-order valence-corrected chi connectivity index (χ4v) is 5.76. The number of sulfonamides is 1. The molecule has 1 aromatic heterocycles. The van der Waals surface area contributed by atoms with E-state index in [4.69, 9.17) is 27.6 Å². The smallest absolute Gasteiger partial charge is 0.329 e. The Morgan fingerprint density at radius 2 is 1.60 bits per heavy atom. The third kappa shape index (κ3) is 7.86. The highest BCUT2D eigenvalue weighted by molar-refractivity contribution is 7.89. The van der Waals surface area contributed by atoms with E-state index in [-0.39, 0.29) is 23.7 Å². The number of hydrogen-bond acceptors (Lipinski definition) is 6. The summed E-state index contributed by atoms with van der Waals surface area (Å²) in [5, 5.41) is 7.10. The van der Waals surface area contributed by atoms with Crippen molar-refractivity contribution in [3.05, 3.63) is 117 Å². The van der Waals surface area contributed by atoms with Gasteiger partial charge in [0.1, 0.15) is 11.5 Å². The zero-order chi connectivity index (χ0) is 30.4. The van der Waals surface area contributed by atoms with Crippen molar-refractivity contribution < 1.29 is 22.4 Å². The van der Waals surface area contributed by atoms with Crippen molar-refractivity contribution in [3.63, 3.8) is 0 Å². The van der Waals surface area contributed by atoms with E-state index < -0.39 is 21.8 Å². The second kappa shape index (κ2) is 13.3. The van der Waals surface area contributed by atoms with Crippen LogP contribution in [-0.2, 0) is 32.7 Å². The van der Waals surface area contributed by atoms with Crippen molar-refractivity contribution in [1.82, 2.24) is 9.73 Å². The largest absolute Gasteiger partial charge is 0.459 e. The Labute approximate surface area is 254 Å². The molecular weight excluding hydrogens is 599 g/mol. The van der Waals surface area contributed by atoms with Crippen molar-refractivity contribution >= 4 is 56.9 Å². The summed E-state index contributed by atoms with van der Waals surface area (Å²) >= 11 is 12.4. The Kier molecular flexibility index (Phi) is 9.85. The molecule has 218 valence electrons. The molecule has 3 aromatic carbocycles. The summed E-state index contributed by atoms with van der Waals surface area (Å²) < 4.78 is 34.2. The minimum atomic E-state index is -3.95. The lowest BCUT2D eigenvalue weighted by Gasteiger charge is -2.22. The van der Waals surface area contributed by atoms with Gasteiger partial charge in [-0.3, -0.25) is 9.59 Å². The maximum Gasteiger partial charge on any atom is 0.329 e. The quantitative estimate of drug-likeness (QED) is 0.134. The summed E-state index contributed by atoms with van der Waals surface area (Å²) in [6, 6.07) is 20.0. The molecule has 2 amide bonds. The van der Waals surface area contributed by atoms with Crippen LogP contribution in [0.2, 0.25) is 10.0 Å². The zero-order valence-electron chi connectivity index (χ0n) is 23.0. The summed E-state index contributed by atoms with van der Waals surface area (Å²) in [6.45, 7) is 5.40. The number of amides is 2. The molecule has 0 unspecified atom stereocenters. The Bertz CT molecular complexity index is 1750. The topological polar surface area (TPSA) is 121 Å². The van der Waals surface area contributed by atoms with Crippen LogP contribution in [0.4, 0.5) is 5.69 Å². The van der Waals surface area contributed by atoms with Crippen LogP contribution in [0.15, 0.2) is 87.2 Å². The van der Waals surface area contributed by atoms with E-state index in [1.807, 2.05) is 32.9 Å². The predicted molar refractivity (Wildman–Crippen MR) is 163 cm³/mol. The molecule has 0 fully saturated rings. The number of aryl methyl sites for hydroxylation is 3. The molecule has 1 heterocycles. The first kappa shape index (κ1) is 31.0. The van der Waals surface area contributed by atoms with Crippen LogP contribution in [-0.4, -0.2) is 30.8 Å². The minimum absolute atomic E-state index is 0.0398. The third-order valence-electron chi connectivity index (χ3n) is 6.24. The van der Waals surface area contributed by atoms with Gasteiger partial charge in [-0.25, -0.2) is 13.8 Å². The number of rotatable bonds is 9. The number of nitrogens with zero attached hydrogens (tertiary/aromatic N) is 2. The highest BCUT2D eigenvalue weighted by Crippen LogP contribution is 2.27. The lowest BCUT2D eigenvalue weighted by atomic mass is 10.1. The average molecular weight is 628 g/mol. The summed E-state index contributed by atoms with van der Waals surface area (Å²) in [5.41, 5.74) is 5.91. The summed E-state index contributed by atoms with van der Waals surface area (Å²) in [5.74, 6) is -1.29. The molecule has 2 N–H and O–H groups in total. The first-order valence-electron chi connectivity index (χ1n) is 12.7. The lowest BCUT2D eigenvalue weighted by molar-refractivity contribution is -0.136. The molecular formula is C30H28Cl2N4O5S. The van der Waals surface area contributed by atoms with E-state index in [1.165, 1.54) is 10.5 Å². The summed E-state index contributed by atoms with van der Waals surface area (Å²) in [4.78, 5) is 24.6. The number of hydrazone groups is 1. The molecule has 0 atom stereocenters. The molecule has 0 saturated heterocycles. The zero-order valence-corrected chi connectivity index (χ0v) is 25.3. The fourth-order valence-electron chi connectivity index (χ4n) is 3.90. The van der Waals surface area contributed by atoms with Crippen LogP contribution in [0, 0.1) is 20.8 Å². The second-order valence-electron chi connectivity index (χ2n) is 9.60. The van der Waals surface area contributed by atoms with Crippen LogP contribution < -0.4 is 10.7 Å². The highest BCUT2D eigenvalue weighted by atomic mass is 35.5. The monoisotopic (exact) mass is 626 g/mol. The Hall–Kier alpha value is -3.96. The van der Waals surface area contributed by atoms with Gasteiger partial charge >= 0.3 is 11.8 Å². The van der Waals surface area contributed by atoms with Crippen molar-refractivity contribution in [1.29, 1.82) is 0 Å². The van der Waals surface area contributed by atoms with Crippen molar-refractivity contribution in [2.24, 2.45) is 5.10 Å². The average Bonchev–Trinajstić information content (AvgIpc) is 3.39. The molecule has 12 heteroatoms. The number of furan rings is 1. The van der Waals surface area contributed by atoms with Crippen LogP contribution >= 0.6 is 23.2 Å². The van der Waals surface area contributed by atoms with Gasteiger partial charge in [0.2, 0.25) is 10.0 Å². The van der Waals surface area contributed by atoms with E-state index in [2.05, 4.69) is 15.8 Å². The summed E-state index contributed by atoms with van der Waals surface area (Å²) in [7, 11) is -3.95.